The third-order valence-corrected chi connectivity index (χ3v) is 4.73. The fraction of sp³-hybridized carbons (Fsp3) is 0.600. The van der Waals surface area contributed by atoms with Crippen molar-refractivity contribution in [1.29, 1.82) is 0 Å². The molecule has 1 aromatic rings. The van der Waals surface area contributed by atoms with Crippen LogP contribution in [-0.2, 0) is 10.3 Å². The molecule has 0 unspecified atom stereocenters. The Morgan fingerprint density at radius 1 is 1.41 bits per heavy atom. The molecule has 2 heterocycles. The lowest BCUT2D eigenvalue weighted by atomic mass is 9.71. The fourth-order valence-corrected chi connectivity index (χ4v) is 3.11. The van der Waals surface area contributed by atoms with E-state index in [0.29, 0.717) is 0 Å². The van der Waals surface area contributed by atoms with Crippen LogP contribution in [0.25, 0.3) is 0 Å². The Labute approximate surface area is 127 Å². The first-order chi connectivity index (χ1) is 10.5. The first kappa shape index (κ1) is 15.1. The number of alkyl halides is 2. The fourth-order valence-electron chi connectivity index (χ4n) is 3.11. The molecular weight excluding hydrogens is 292 g/mol. The first-order valence-electron chi connectivity index (χ1n) is 7.36. The second-order valence-electron chi connectivity index (χ2n) is 5.96. The first-order valence-corrected chi connectivity index (χ1v) is 7.36. The van der Waals surface area contributed by atoms with Gasteiger partial charge in [0.05, 0.1) is 12.1 Å². The molecule has 2 fully saturated rings. The summed E-state index contributed by atoms with van der Waals surface area (Å²) in [6.45, 7) is -0.800. The molecule has 0 radical (unpaired) electrons. The van der Waals surface area contributed by atoms with Crippen molar-refractivity contribution in [3.8, 4) is 0 Å². The number of hydrogen-bond acceptors (Lipinski definition) is 3. The van der Waals surface area contributed by atoms with Gasteiger partial charge in [0.25, 0.3) is 5.92 Å². The number of aromatic nitrogens is 1. The van der Waals surface area contributed by atoms with Crippen molar-refractivity contribution >= 4 is 6.03 Å². The molecule has 0 aromatic carbocycles. The quantitative estimate of drug-likeness (QED) is 0.930. The molecule has 2 amide bonds. The number of amides is 2. The number of halogens is 2. The molecule has 1 N–H and O–H groups in total. The van der Waals surface area contributed by atoms with Gasteiger partial charge in [0.15, 0.2) is 0 Å². The summed E-state index contributed by atoms with van der Waals surface area (Å²) >= 11 is 0. The summed E-state index contributed by atoms with van der Waals surface area (Å²) in [5.41, 5.74) is 0.558. The molecule has 3 rings (SSSR count). The van der Waals surface area contributed by atoms with Crippen molar-refractivity contribution in [3.63, 3.8) is 0 Å². The van der Waals surface area contributed by atoms with Crippen molar-refractivity contribution in [1.82, 2.24) is 15.2 Å². The van der Waals surface area contributed by atoms with Gasteiger partial charge in [-0.3, -0.25) is 4.98 Å². The Morgan fingerprint density at radius 2 is 2.09 bits per heavy atom. The molecule has 7 heteroatoms. The monoisotopic (exact) mass is 311 g/mol. The summed E-state index contributed by atoms with van der Waals surface area (Å²) in [6.07, 6.45) is 6.00. The van der Waals surface area contributed by atoms with E-state index in [-0.39, 0.29) is 6.61 Å². The molecule has 2 aliphatic rings. The van der Waals surface area contributed by atoms with Gasteiger partial charge in [0.2, 0.25) is 0 Å². The van der Waals surface area contributed by atoms with Gasteiger partial charge in [-0.15, -0.1) is 0 Å². The lowest BCUT2D eigenvalue weighted by molar-refractivity contribution is -0.0241. The van der Waals surface area contributed by atoms with Crippen LogP contribution < -0.4 is 5.32 Å². The number of nitrogens with one attached hydrogen (secondary N) is 1. The molecule has 120 valence electrons. The molecule has 1 saturated carbocycles. The molecule has 1 aliphatic carbocycles. The molecule has 22 heavy (non-hydrogen) atoms. The van der Waals surface area contributed by atoms with E-state index in [4.69, 9.17) is 4.74 Å². The number of ether oxygens (including phenoxy) is 1. The zero-order chi connectivity index (χ0) is 15.8. The summed E-state index contributed by atoms with van der Waals surface area (Å²) in [6, 6.07) is 1.98. The summed E-state index contributed by atoms with van der Waals surface area (Å²) in [5, 5.41) is 2.41. The Kier molecular flexibility index (Phi) is 3.76. The molecular formula is C15H19F2N3O2. The van der Waals surface area contributed by atoms with E-state index in [1.54, 1.807) is 24.3 Å². The van der Waals surface area contributed by atoms with Crippen molar-refractivity contribution in [2.75, 3.05) is 20.3 Å². The number of hydrogen-bond donors (Lipinski definition) is 1. The van der Waals surface area contributed by atoms with Gasteiger partial charge in [-0.05, 0) is 37.0 Å². The van der Waals surface area contributed by atoms with Gasteiger partial charge in [0, 0.05) is 19.4 Å². The SMILES string of the molecule is CN(C(=O)N[C@@H]1COCC1(F)F)C1(c2ccncc2)CCC1. The highest BCUT2D eigenvalue weighted by Gasteiger charge is 2.49. The van der Waals surface area contributed by atoms with Crippen LogP contribution in [0.2, 0.25) is 0 Å². The Bertz CT molecular complexity index is 549. The van der Waals surface area contributed by atoms with Crippen molar-refractivity contribution in [2.24, 2.45) is 0 Å². The van der Waals surface area contributed by atoms with E-state index in [9.17, 15) is 13.6 Å². The number of carbonyl (C=O) groups is 1. The van der Waals surface area contributed by atoms with Crippen LogP contribution in [-0.4, -0.2) is 48.1 Å². The minimum Gasteiger partial charge on any atom is -0.373 e. The summed E-state index contributed by atoms with van der Waals surface area (Å²) < 4.78 is 31.9. The molecule has 1 atom stereocenters. The van der Waals surface area contributed by atoms with Crippen LogP contribution in [0.3, 0.4) is 0 Å². The third-order valence-electron chi connectivity index (χ3n) is 4.73. The minimum atomic E-state index is -3.01. The number of nitrogens with zero attached hydrogens (tertiary/aromatic N) is 2. The topological polar surface area (TPSA) is 54.5 Å². The van der Waals surface area contributed by atoms with Gasteiger partial charge in [-0.2, -0.15) is 0 Å². The Morgan fingerprint density at radius 3 is 2.59 bits per heavy atom. The lowest BCUT2D eigenvalue weighted by Crippen LogP contribution is -2.58. The molecule has 1 aliphatic heterocycles. The average Bonchev–Trinajstić information content (AvgIpc) is 2.78. The van der Waals surface area contributed by atoms with Gasteiger partial charge in [-0.25, -0.2) is 13.6 Å². The van der Waals surface area contributed by atoms with E-state index < -0.39 is 30.1 Å². The maximum atomic E-state index is 13.6. The molecule has 1 saturated heterocycles. The second-order valence-corrected chi connectivity index (χ2v) is 5.96. The highest BCUT2D eigenvalue weighted by molar-refractivity contribution is 5.76. The van der Waals surface area contributed by atoms with Crippen molar-refractivity contribution in [2.45, 2.75) is 36.8 Å². The summed E-state index contributed by atoms with van der Waals surface area (Å²) in [4.78, 5) is 17.9. The summed E-state index contributed by atoms with van der Waals surface area (Å²) in [5.74, 6) is -3.01. The normalized spacial score (nSPS) is 25.3. The highest BCUT2D eigenvalue weighted by atomic mass is 19.3. The predicted octanol–water partition coefficient (Wildman–Crippen LogP) is 2.14. The van der Waals surface area contributed by atoms with Crippen LogP contribution in [0.1, 0.15) is 24.8 Å². The molecule has 1 aromatic heterocycles. The van der Waals surface area contributed by atoms with Gasteiger partial charge in [0.1, 0.15) is 12.6 Å². The van der Waals surface area contributed by atoms with Crippen LogP contribution in [0, 0.1) is 0 Å². The highest BCUT2D eigenvalue weighted by Crippen LogP contribution is 2.45. The number of rotatable bonds is 3. The lowest BCUT2D eigenvalue weighted by Gasteiger charge is -2.49. The van der Waals surface area contributed by atoms with Gasteiger partial charge < -0.3 is 15.0 Å². The number of pyridine rings is 1. The summed E-state index contributed by atoms with van der Waals surface area (Å²) in [7, 11) is 1.66. The van der Waals surface area contributed by atoms with Gasteiger partial charge >= 0.3 is 6.03 Å². The Hall–Kier alpha value is -1.76. The molecule has 0 bridgehead atoms. The van der Waals surface area contributed by atoms with Gasteiger partial charge in [-0.1, -0.05) is 0 Å². The van der Waals surface area contributed by atoms with Crippen LogP contribution in [0.5, 0.6) is 0 Å². The van der Waals surface area contributed by atoms with E-state index in [0.717, 1.165) is 24.8 Å². The van der Waals surface area contributed by atoms with Crippen molar-refractivity contribution in [3.05, 3.63) is 30.1 Å². The minimum absolute atomic E-state index is 0.158. The third kappa shape index (κ3) is 2.43. The standard InChI is InChI=1S/C15H19F2N3O2/c1-20(13(21)19-12-9-22-10-15(12,16)17)14(5-2-6-14)11-3-7-18-8-4-11/h3-4,7-8,12H,2,5-6,9-10H2,1H3,(H,19,21)/t12-/m1/s1. The predicted molar refractivity (Wildman–Crippen MR) is 75.6 cm³/mol. The smallest absolute Gasteiger partial charge is 0.318 e. The maximum Gasteiger partial charge on any atom is 0.318 e. The second kappa shape index (κ2) is 5.46. The molecule has 0 spiro atoms. The van der Waals surface area contributed by atoms with E-state index in [2.05, 4.69) is 10.3 Å². The number of carbonyl (C=O) groups excluding carboxylic acids is 1. The maximum absolute atomic E-state index is 13.6. The van der Waals surface area contributed by atoms with E-state index >= 15 is 0 Å². The zero-order valence-electron chi connectivity index (χ0n) is 12.4. The number of urea groups is 1. The Balaban J connectivity index is 1.75. The van der Waals surface area contributed by atoms with Crippen LogP contribution in [0.4, 0.5) is 13.6 Å². The average molecular weight is 311 g/mol. The van der Waals surface area contributed by atoms with E-state index in [1.807, 2.05) is 12.1 Å². The molecule has 5 nitrogen and oxygen atoms in total. The largest absolute Gasteiger partial charge is 0.373 e. The van der Waals surface area contributed by atoms with Crippen LogP contribution >= 0.6 is 0 Å². The van der Waals surface area contributed by atoms with Crippen molar-refractivity contribution < 1.29 is 18.3 Å². The van der Waals surface area contributed by atoms with E-state index in [1.165, 1.54) is 0 Å². The van der Waals surface area contributed by atoms with Crippen LogP contribution in [0.15, 0.2) is 24.5 Å². The zero-order valence-corrected chi connectivity index (χ0v) is 12.4.